The number of ether oxygens (including phenoxy) is 2. The van der Waals surface area contributed by atoms with Gasteiger partial charge in [0.2, 0.25) is 0 Å². The molecule has 1 aliphatic carbocycles. The number of aromatic amines is 1. The van der Waals surface area contributed by atoms with Gasteiger partial charge in [0.25, 0.3) is 0 Å². The molecule has 0 aliphatic heterocycles. The Morgan fingerprint density at radius 2 is 1.97 bits per heavy atom. The summed E-state index contributed by atoms with van der Waals surface area (Å²) in [6.45, 7) is 5.88. The minimum absolute atomic E-state index is 0.152. The summed E-state index contributed by atoms with van der Waals surface area (Å²) >= 11 is 0. The van der Waals surface area contributed by atoms with Gasteiger partial charge in [-0.25, -0.2) is 4.98 Å². The fourth-order valence-corrected chi connectivity index (χ4v) is 4.15. The van der Waals surface area contributed by atoms with E-state index in [0.717, 1.165) is 47.0 Å². The number of hydrogen-bond donors (Lipinski definition) is 3. The normalized spacial score (nSPS) is 15.2. The quantitative estimate of drug-likeness (QED) is 0.497. The lowest BCUT2D eigenvalue weighted by Gasteiger charge is -2.13. The van der Waals surface area contributed by atoms with Crippen LogP contribution in [0.25, 0.3) is 22.6 Å². The van der Waals surface area contributed by atoms with Crippen molar-refractivity contribution in [2.24, 2.45) is 0 Å². The van der Waals surface area contributed by atoms with Gasteiger partial charge in [-0.1, -0.05) is 18.2 Å². The molecule has 4 rings (SSSR count). The Bertz CT molecular complexity index is 999. The molecule has 1 atom stereocenters. The van der Waals surface area contributed by atoms with Crippen LogP contribution in [0.15, 0.2) is 42.6 Å². The van der Waals surface area contributed by atoms with E-state index in [4.69, 9.17) is 14.6 Å². The summed E-state index contributed by atoms with van der Waals surface area (Å²) in [6.07, 6.45) is 3.91. The monoisotopic (exact) mass is 407 g/mol. The fourth-order valence-electron chi connectivity index (χ4n) is 4.15. The number of nitrogens with zero attached hydrogens (tertiary/aromatic N) is 1. The number of fused-ring (bicyclic) bond motifs is 1. The molecule has 1 unspecified atom stereocenters. The van der Waals surface area contributed by atoms with E-state index in [1.165, 1.54) is 11.1 Å². The van der Waals surface area contributed by atoms with Crippen molar-refractivity contribution in [2.45, 2.75) is 32.7 Å². The van der Waals surface area contributed by atoms with Gasteiger partial charge in [-0.2, -0.15) is 0 Å². The SMILES string of the molecule is CCOc1ccc(-c2cnc(-c3cccc4c3CCC4NCCO)[nH]2)cc1OCC. The van der Waals surface area contributed by atoms with Crippen molar-refractivity contribution in [1.82, 2.24) is 15.3 Å². The van der Waals surface area contributed by atoms with E-state index in [1.807, 2.05) is 38.2 Å². The third-order valence-electron chi connectivity index (χ3n) is 5.46. The average Bonchev–Trinajstić information content (AvgIpc) is 3.41. The number of benzene rings is 2. The molecule has 6 heteroatoms. The van der Waals surface area contributed by atoms with Gasteiger partial charge in [-0.3, -0.25) is 0 Å². The first-order valence-electron chi connectivity index (χ1n) is 10.7. The predicted molar refractivity (Wildman–Crippen MR) is 118 cm³/mol. The van der Waals surface area contributed by atoms with E-state index >= 15 is 0 Å². The highest BCUT2D eigenvalue weighted by atomic mass is 16.5. The largest absolute Gasteiger partial charge is 0.490 e. The predicted octanol–water partition coefficient (Wildman–Crippen LogP) is 4.11. The first-order valence-corrected chi connectivity index (χ1v) is 10.7. The molecular formula is C24H29N3O3. The third kappa shape index (κ3) is 4.06. The minimum Gasteiger partial charge on any atom is -0.490 e. The van der Waals surface area contributed by atoms with Crippen LogP contribution in [0.5, 0.6) is 11.5 Å². The van der Waals surface area contributed by atoms with E-state index in [0.29, 0.717) is 25.8 Å². The van der Waals surface area contributed by atoms with E-state index in [-0.39, 0.29) is 6.61 Å². The number of aromatic nitrogens is 2. The van der Waals surface area contributed by atoms with Crippen molar-refractivity contribution in [2.75, 3.05) is 26.4 Å². The zero-order chi connectivity index (χ0) is 20.9. The Kier molecular flexibility index (Phi) is 6.35. The molecule has 0 saturated carbocycles. The van der Waals surface area contributed by atoms with Crippen LogP contribution in [-0.4, -0.2) is 41.4 Å². The molecule has 1 aromatic heterocycles. The topological polar surface area (TPSA) is 79.4 Å². The fraction of sp³-hybridized carbons (Fsp3) is 0.375. The lowest BCUT2D eigenvalue weighted by molar-refractivity contribution is 0.284. The summed E-state index contributed by atoms with van der Waals surface area (Å²) < 4.78 is 11.4. The zero-order valence-corrected chi connectivity index (χ0v) is 17.6. The van der Waals surface area contributed by atoms with Crippen molar-refractivity contribution in [3.63, 3.8) is 0 Å². The number of hydrogen-bond acceptors (Lipinski definition) is 5. The van der Waals surface area contributed by atoms with Crippen molar-refractivity contribution < 1.29 is 14.6 Å². The summed E-state index contributed by atoms with van der Waals surface area (Å²) in [5, 5.41) is 12.5. The standard InChI is InChI=1S/C24H29N3O3/c1-3-29-22-11-8-16(14-23(22)30-4-2)21-15-26-24(27-21)19-7-5-6-18-17(19)9-10-20(18)25-12-13-28/h5-8,11,14-15,20,25,28H,3-4,9-10,12-13H2,1-2H3,(H,26,27). The van der Waals surface area contributed by atoms with Gasteiger partial charge in [-0.05, 0) is 56.0 Å². The van der Waals surface area contributed by atoms with Gasteiger partial charge in [0.1, 0.15) is 5.82 Å². The lowest BCUT2D eigenvalue weighted by Crippen LogP contribution is -2.22. The third-order valence-corrected chi connectivity index (χ3v) is 5.46. The van der Waals surface area contributed by atoms with Crippen LogP contribution in [0.3, 0.4) is 0 Å². The molecule has 0 bridgehead atoms. The van der Waals surface area contributed by atoms with Crippen LogP contribution in [-0.2, 0) is 6.42 Å². The molecule has 2 aromatic carbocycles. The molecule has 158 valence electrons. The summed E-state index contributed by atoms with van der Waals surface area (Å²) in [5.74, 6) is 2.37. The van der Waals surface area contributed by atoms with Gasteiger partial charge in [0.05, 0.1) is 31.7 Å². The molecule has 3 N–H and O–H groups in total. The van der Waals surface area contributed by atoms with Crippen LogP contribution < -0.4 is 14.8 Å². The van der Waals surface area contributed by atoms with Crippen LogP contribution in [0, 0.1) is 0 Å². The molecule has 0 radical (unpaired) electrons. The smallest absolute Gasteiger partial charge is 0.161 e. The summed E-state index contributed by atoms with van der Waals surface area (Å²) in [5.41, 5.74) is 5.73. The minimum atomic E-state index is 0.152. The maximum absolute atomic E-state index is 9.12. The summed E-state index contributed by atoms with van der Waals surface area (Å²) in [6, 6.07) is 12.6. The summed E-state index contributed by atoms with van der Waals surface area (Å²) in [7, 11) is 0. The second kappa shape index (κ2) is 9.32. The molecule has 0 fully saturated rings. The van der Waals surface area contributed by atoms with E-state index in [1.54, 1.807) is 0 Å². The molecule has 3 aromatic rings. The molecule has 0 saturated heterocycles. The van der Waals surface area contributed by atoms with E-state index in [2.05, 4.69) is 33.5 Å². The molecule has 1 heterocycles. The maximum atomic E-state index is 9.12. The Morgan fingerprint density at radius 1 is 1.13 bits per heavy atom. The highest BCUT2D eigenvalue weighted by Gasteiger charge is 2.25. The molecule has 6 nitrogen and oxygen atoms in total. The molecule has 0 spiro atoms. The van der Waals surface area contributed by atoms with Gasteiger partial charge in [0, 0.05) is 23.7 Å². The van der Waals surface area contributed by atoms with Crippen molar-refractivity contribution >= 4 is 0 Å². The highest BCUT2D eigenvalue weighted by Crippen LogP contribution is 2.38. The number of nitrogens with one attached hydrogen (secondary N) is 2. The Morgan fingerprint density at radius 3 is 2.77 bits per heavy atom. The highest BCUT2D eigenvalue weighted by molar-refractivity contribution is 5.70. The first kappa shape index (κ1) is 20.4. The Labute approximate surface area is 177 Å². The molecule has 0 amide bonds. The molecular weight excluding hydrogens is 378 g/mol. The zero-order valence-electron chi connectivity index (χ0n) is 17.6. The number of imidazole rings is 1. The van der Waals surface area contributed by atoms with Crippen LogP contribution in [0.1, 0.15) is 37.4 Å². The van der Waals surface area contributed by atoms with Gasteiger partial charge < -0.3 is 24.9 Å². The Balaban J connectivity index is 1.63. The van der Waals surface area contributed by atoms with Crippen LogP contribution >= 0.6 is 0 Å². The van der Waals surface area contributed by atoms with Crippen molar-refractivity contribution in [1.29, 1.82) is 0 Å². The summed E-state index contributed by atoms with van der Waals surface area (Å²) in [4.78, 5) is 8.16. The van der Waals surface area contributed by atoms with Crippen molar-refractivity contribution in [3.8, 4) is 34.1 Å². The first-order chi connectivity index (χ1) is 14.7. The van der Waals surface area contributed by atoms with Gasteiger partial charge in [0.15, 0.2) is 11.5 Å². The second-order valence-corrected chi connectivity index (χ2v) is 7.32. The average molecular weight is 408 g/mol. The van der Waals surface area contributed by atoms with Crippen molar-refractivity contribution in [3.05, 3.63) is 53.7 Å². The number of aliphatic hydroxyl groups is 1. The van der Waals surface area contributed by atoms with E-state index in [9.17, 15) is 0 Å². The van der Waals surface area contributed by atoms with Crippen LogP contribution in [0.2, 0.25) is 0 Å². The lowest BCUT2D eigenvalue weighted by atomic mass is 10.0. The van der Waals surface area contributed by atoms with Crippen LogP contribution in [0.4, 0.5) is 0 Å². The Hall–Kier alpha value is -2.83. The number of H-pyrrole nitrogens is 1. The number of rotatable bonds is 9. The van der Waals surface area contributed by atoms with Gasteiger partial charge in [-0.15, -0.1) is 0 Å². The second-order valence-electron chi connectivity index (χ2n) is 7.32. The number of aliphatic hydroxyl groups excluding tert-OH is 1. The molecule has 1 aliphatic rings. The molecule has 30 heavy (non-hydrogen) atoms. The van der Waals surface area contributed by atoms with E-state index < -0.39 is 0 Å². The maximum Gasteiger partial charge on any atom is 0.161 e. The van der Waals surface area contributed by atoms with Gasteiger partial charge >= 0.3 is 0 Å².